The average molecular weight is 241 g/mol. The van der Waals surface area contributed by atoms with E-state index in [4.69, 9.17) is 5.11 Å². The van der Waals surface area contributed by atoms with Crippen LogP contribution in [0.1, 0.15) is 47.0 Å². The molecule has 0 heterocycles. The molecule has 0 aromatic rings. The lowest BCUT2D eigenvalue weighted by Crippen LogP contribution is -2.46. The Balaban J connectivity index is 4.25. The second kappa shape index (κ2) is 6.42. The van der Waals surface area contributed by atoms with Gasteiger partial charge in [-0.15, -0.1) is 6.58 Å². The van der Waals surface area contributed by atoms with Crippen LogP contribution in [0, 0.1) is 5.92 Å². The molecule has 0 fully saturated rings. The summed E-state index contributed by atoms with van der Waals surface area (Å²) in [5, 5.41) is 11.5. The normalized spacial score (nSPS) is 12.9. The summed E-state index contributed by atoms with van der Waals surface area (Å²) in [6, 6.07) is 0. The molecule has 0 rings (SSSR count). The molecule has 98 valence electrons. The van der Waals surface area contributed by atoms with Crippen LogP contribution in [0.25, 0.3) is 0 Å². The third kappa shape index (κ3) is 7.55. The van der Waals surface area contributed by atoms with Gasteiger partial charge in [0.25, 0.3) is 0 Å². The maximum Gasteiger partial charge on any atom is 0.303 e. The monoisotopic (exact) mass is 241 g/mol. The van der Waals surface area contributed by atoms with Crippen LogP contribution in [0.5, 0.6) is 0 Å². The molecule has 0 aromatic heterocycles. The maximum absolute atomic E-state index is 11.8. The molecule has 0 saturated carbocycles. The van der Waals surface area contributed by atoms with E-state index in [1.807, 2.05) is 27.7 Å². The van der Waals surface area contributed by atoms with Crippen molar-refractivity contribution in [2.24, 2.45) is 5.92 Å². The van der Waals surface area contributed by atoms with Crippen LogP contribution < -0.4 is 5.32 Å². The minimum atomic E-state index is -0.845. The van der Waals surface area contributed by atoms with Gasteiger partial charge in [0.15, 0.2) is 0 Å². The Morgan fingerprint density at radius 1 is 1.41 bits per heavy atom. The van der Waals surface area contributed by atoms with E-state index >= 15 is 0 Å². The average Bonchev–Trinajstić information content (AvgIpc) is 2.13. The van der Waals surface area contributed by atoms with Crippen molar-refractivity contribution in [2.45, 2.75) is 52.5 Å². The molecule has 0 aliphatic heterocycles. The van der Waals surface area contributed by atoms with E-state index in [-0.39, 0.29) is 18.2 Å². The highest BCUT2D eigenvalue weighted by atomic mass is 16.4. The van der Waals surface area contributed by atoms with Crippen LogP contribution in [0.15, 0.2) is 12.2 Å². The van der Waals surface area contributed by atoms with E-state index in [0.717, 1.165) is 5.57 Å². The molecule has 0 radical (unpaired) electrons. The summed E-state index contributed by atoms with van der Waals surface area (Å²) in [6.45, 7) is 11.2. The predicted octanol–water partition coefficient (Wildman–Crippen LogP) is 2.35. The van der Waals surface area contributed by atoms with Crippen LogP contribution >= 0.6 is 0 Å². The van der Waals surface area contributed by atoms with Crippen LogP contribution in [-0.2, 0) is 9.59 Å². The number of hydrogen-bond donors (Lipinski definition) is 2. The first-order valence-corrected chi connectivity index (χ1v) is 5.82. The van der Waals surface area contributed by atoms with Crippen LogP contribution in [0.2, 0.25) is 0 Å². The first-order chi connectivity index (χ1) is 7.64. The Morgan fingerprint density at radius 3 is 2.35 bits per heavy atom. The number of carbonyl (C=O) groups excluding carboxylic acids is 1. The fraction of sp³-hybridized carbons (Fsp3) is 0.692. The molecule has 4 nitrogen and oxygen atoms in total. The van der Waals surface area contributed by atoms with Gasteiger partial charge >= 0.3 is 5.97 Å². The minimum absolute atomic E-state index is 0.0524. The molecule has 1 atom stereocenters. The second-order valence-corrected chi connectivity index (χ2v) is 5.33. The van der Waals surface area contributed by atoms with Gasteiger partial charge in [0, 0.05) is 17.9 Å². The molecule has 0 bridgehead atoms. The largest absolute Gasteiger partial charge is 0.481 e. The number of carbonyl (C=O) groups is 2. The lowest BCUT2D eigenvalue weighted by atomic mass is 9.95. The van der Waals surface area contributed by atoms with Crippen molar-refractivity contribution in [3.05, 3.63) is 12.2 Å². The van der Waals surface area contributed by atoms with Gasteiger partial charge in [0.2, 0.25) is 5.91 Å². The van der Waals surface area contributed by atoms with Crippen LogP contribution in [0.4, 0.5) is 0 Å². The molecule has 1 amide bonds. The zero-order chi connectivity index (χ0) is 13.6. The SMILES string of the molecule is C=C(C)CC(C)C(=O)NC(C)(C)CCC(=O)O. The summed E-state index contributed by atoms with van der Waals surface area (Å²) in [6.07, 6.45) is 1.14. The Hall–Kier alpha value is -1.32. The predicted molar refractivity (Wildman–Crippen MR) is 67.7 cm³/mol. The number of amides is 1. The molecule has 4 heteroatoms. The molecule has 0 aliphatic carbocycles. The summed E-state index contributed by atoms with van der Waals surface area (Å²) < 4.78 is 0. The van der Waals surface area contributed by atoms with Crippen molar-refractivity contribution in [2.75, 3.05) is 0 Å². The van der Waals surface area contributed by atoms with Gasteiger partial charge in [0.05, 0.1) is 0 Å². The smallest absolute Gasteiger partial charge is 0.303 e. The van der Waals surface area contributed by atoms with E-state index in [2.05, 4.69) is 11.9 Å². The van der Waals surface area contributed by atoms with Crippen molar-refractivity contribution in [1.82, 2.24) is 5.32 Å². The summed E-state index contributed by atoms with van der Waals surface area (Å²) in [4.78, 5) is 22.3. The molecule has 0 saturated heterocycles. The van der Waals surface area contributed by atoms with Crippen molar-refractivity contribution >= 4 is 11.9 Å². The third-order valence-corrected chi connectivity index (χ3v) is 2.53. The maximum atomic E-state index is 11.8. The zero-order valence-electron chi connectivity index (χ0n) is 11.2. The molecule has 17 heavy (non-hydrogen) atoms. The van der Waals surface area contributed by atoms with Gasteiger partial charge in [-0.2, -0.15) is 0 Å². The number of rotatable bonds is 7. The van der Waals surface area contributed by atoms with Gasteiger partial charge < -0.3 is 10.4 Å². The number of carboxylic acid groups (broad SMARTS) is 1. The summed E-state index contributed by atoms with van der Waals surface area (Å²) in [5.41, 5.74) is 0.481. The van der Waals surface area contributed by atoms with E-state index < -0.39 is 11.5 Å². The van der Waals surface area contributed by atoms with E-state index in [9.17, 15) is 9.59 Å². The zero-order valence-corrected chi connectivity index (χ0v) is 11.2. The summed E-state index contributed by atoms with van der Waals surface area (Å²) in [7, 11) is 0. The summed E-state index contributed by atoms with van der Waals surface area (Å²) in [5.74, 6) is -1.03. The lowest BCUT2D eigenvalue weighted by molar-refractivity contribution is -0.138. The fourth-order valence-electron chi connectivity index (χ4n) is 1.55. The van der Waals surface area contributed by atoms with E-state index in [1.165, 1.54) is 0 Å². The van der Waals surface area contributed by atoms with Crippen molar-refractivity contribution < 1.29 is 14.7 Å². The van der Waals surface area contributed by atoms with Gasteiger partial charge in [-0.25, -0.2) is 0 Å². The summed E-state index contributed by atoms with van der Waals surface area (Å²) >= 11 is 0. The van der Waals surface area contributed by atoms with Crippen LogP contribution in [0.3, 0.4) is 0 Å². The Bertz CT molecular complexity index is 308. The van der Waals surface area contributed by atoms with Crippen molar-refractivity contribution in [3.8, 4) is 0 Å². The van der Waals surface area contributed by atoms with E-state index in [0.29, 0.717) is 12.8 Å². The molecule has 0 aliphatic rings. The molecule has 2 N–H and O–H groups in total. The Labute approximate surface area is 103 Å². The third-order valence-electron chi connectivity index (χ3n) is 2.53. The number of carboxylic acids is 1. The first-order valence-electron chi connectivity index (χ1n) is 5.82. The number of nitrogens with one attached hydrogen (secondary N) is 1. The highest BCUT2D eigenvalue weighted by molar-refractivity contribution is 5.79. The lowest BCUT2D eigenvalue weighted by Gasteiger charge is -2.27. The standard InChI is InChI=1S/C13H23NO3/c1-9(2)8-10(3)12(17)14-13(4,5)7-6-11(15)16/h10H,1,6-8H2,2-5H3,(H,14,17)(H,15,16). The molecular formula is C13H23NO3. The van der Waals surface area contributed by atoms with Crippen molar-refractivity contribution in [3.63, 3.8) is 0 Å². The van der Waals surface area contributed by atoms with Gasteiger partial charge in [-0.05, 0) is 33.6 Å². The van der Waals surface area contributed by atoms with Crippen LogP contribution in [-0.4, -0.2) is 22.5 Å². The number of aliphatic carboxylic acids is 1. The first kappa shape index (κ1) is 15.7. The molecule has 0 aromatic carbocycles. The molecular weight excluding hydrogens is 218 g/mol. The van der Waals surface area contributed by atoms with Gasteiger partial charge in [-0.3, -0.25) is 9.59 Å². The second-order valence-electron chi connectivity index (χ2n) is 5.33. The highest BCUT2D eigenvalue weighted by Gasteiger charge is 2.24. The van der Waals surface area contributed by atoms with Crippen molar-refractivity contribution in [1.29, 1.82) is 0 Å². The number of hydrogen-bond acceptors (Lipinski definition) is 2. The van der Waals surface area contributed by atoms with E-state index in [1.54, 1.807) is 0 Å². The fourth-order valence-corrected chi connectivity index (χ4v) is 1.55. The van der Waals surface area contributed by atoms with Gasteiger partial charge in [-0.1, -0.05) is 12.5 Å². The topological polar surface area (TPSA) is 66.4 Å². The Kier molecular flexibility index (Phi) is 5.93. The molecule has 1 unspecified atom stereocenters. The highest BCUT2D eigenvalue weighted by Crippen LogP contribution is 2.15. The Morgan fingerprint density at radius 2 is 1.94 bits per heavy atom. The minimum Gasteiger partial charge on any atom is -0.481 e. The molecule has 0 spiro atoms. The van der Waals surface area contributed by atoms with Gasteiger partial charge in [0.1, 0.15) is 0 Å². The number of allylic oxidation sites excluding steroid dienone is 1. The quantitative estimate of drug-likeness (QED) is 0.672.